The molecule has 0 unspecified atom stereocenters. The Balaban J connectivity index is 2.16. The molecule has 0 radical (unpaired) electrons. The first-order valence-electron chi connectivity index (χ1n) is 6.47. The molecule has 0 atom stereocenters. The average Bonchev–Trinajstić information content (AvgIpc) is 2.48. The number of hydrogen-bond donors (Lipinski definition) is 0. The molecule has 0 bridgehead atoms. The van der Waals surface area contributed by atoms with E-state index < -0.39 is 0 Å². The molecule has 3 heteroatoms. The summed E-state index contributed by atoms with van der Waals surface area (Å²) >= 11 is 3.52. The fourth-order valence-corrected chi connectivity index (χ4v) is 2.80. The van der Waals surface area contributed by atoms with Crippen molar-refractivity contribution < 1.29 is 9.30 Å². The van der Waals surface area contributed by atoms with Crippen LogP contribution in [-0.4, -0.2) is 7.11 Å². The summed E-state index contributed by atoms with van der Waals surface area (Å²) in [7, 11) is 1.72. The van der Waals surface area contributed by atoms with Crippen molar-refractivity contribution in [3.8, 4) is 5.75 Å². The highest BCUT2D eigenvalue weighted by molar-refractivity contribution is 9.10. The molecule has 0 fully saturated rings. The molecule has 3 rings (SSSR count). The minimum atomic E-state index is 0.795. The van der Waals surface area contributed by atoms with Gasteiger partial charge < -0.3 is 4.74 Å². The van der Waals surface area contributed by atoms with E-state index in [1.54, 1.807) is 7.11 Å². The molecule has 100 valence electrons. The minimum absolute atomic E-state index is 0.795. The third kappa shape index (κ3) is 2.54. The number of aromatic nitrogens is 1. The van der Waals surface area contributed by atoms with Crippen LogP contribution in [0.1, 0.15) is 5.56 Å². The predicted molar refractivity (Wildman–Crippen MR) is 83.9 cm³/mol. The number of pyridine rings is 1. The van der Waals surface area contributed by atoms with Gasteiger partial charge in [0.25, 0.3) is 0 Å². The van der Waals surface area contributed by atoms with Gasteiger partial charge in [0.2, 0.25) is 0 Å². The molecule has 1 aromatic heterocycles. The number of halogens is 1. The van der Waals surface area contributed by atoms with E-state index in [9.17, 15) is 0 Å². The van der Waals surface area contributed by atoms with Gasteiger partial charge in [-0.05, 0) is 29.0 Å². The normalized spacial score (nSPS) is 10.7. The Morgan fingerprint density at radius 1 is 1.05 bits per heavy atom. The molecule has 3 aromatic rings. The van der Waals surface area contributed by atoms with Gasteiger partial charge in [0, 0.05) is 16.6 Å². The second kappa shape index (κ2) is 5.63. The van der Waals surface area contributed by atoms with Crippen LogP contribution in [0.3, 0.4) is 0 Å². The minimum Gasteiger partial charge on any atom is -0.496 e. The molecule has 0 saturated heterocycles. The number of benzene rings is 2. The Morgan fingerprint density at radius 2 is 1.85 bits per heavy atom. The quantitative estimate of drug-likeness (QED) is 0.663. The first kappa shape index (κ1) is 13.1. The van der Waals surface area contributed by atoms with Crippen molar-refractivity contribution in [1.82, 2.24) is 0 Å². The lowest BCUT2D eigenvalue weighted by atomic mass is 10.0. The van der Waals surface area contributed by atoms with Crippen LogP contribution >= 0.6 is 15.9 Å². The highest BCUT2D eigenvalue weighted by atomic mass is 79.9. The van der Waals surface area contributed by atoms with Crippen LogP contribution in [0, 0.1) is 0 Å². The Bertz CT molecular complexity index is 741. The molecule has 0 N–H and O–H groups in total. The third-order valence-electron chi connectivity index (χ3n) is 3.39. The molecule has 0 aliphatic heterocycles. The van der Waals surface area contributed by atoms with Gasteiger partial charge >= 0.3 is 0 Å². The highest BCUT2D eigenvalue weighted by Crippen LogP contribution is 2.29. The van der Waals surface area contributed by atoms with E-state index in [1.165, 1.54) is 16.3 Å². The molecule has 2 nitrogen and oxygen atoms in total. The molecule has 0 spiro atoms. The number of ether oxygens (including phenoxy) is 1. The van der Waals surface area contributed by atoms with Gasteiger partial charge in [0.1, 0.15) is 5.75 Å². The lowest BCUT2D eigenvalue weighted by Gasteiger charge is -2.10. The van der Waals surface area contributed by atoms with E-state index >= 15 is 0 Å². The van der Waals surface area contributed by atoms with Crippen LogP contribution in [0.25, 0.3) is 10.8 Å². The number of methoxy groups -OCH3 is 1. The van der Waals surface area contributed by atoms with Gasteiger partial charge in [0.05, 0.1) is 12.7 Å². The Labute approximate surface area is 126 Å². The summed E-state index contributed by atoms with van der Waals surface area (Å²) in [6, 6.07) is 16.6. The van der Waals surface area contributed by atoms with Crippen LogP contribution in [0.2, 0.25) is 0 Å². The first-order chi connectivity index (χ1) is 9.78. The number of rotatable bonds is 3. The predicted octanol–water partition coefficient (Wildman–Crippen LogP) is 3.95. The zero-order chi connectivity index (χ0) is 13.9. The van der Waals surface area contributed by atoms with Crippen molar-refractivity contribution in [3.63, 3.8) is 0 Å². The number of nitrogens with zero attached hydrogens (tertiary/aromatic N) is 1. The van der Waals surface area contributed by atoms with E-state index in [1.807, 2.05) is 24.3 Å². The maximum absolute atomic E-state index is 5.53. The van der Waals surface area contributed by atoms with Crippen molar-refractivity contribution in [1.29, 1.82) is 0 Å². The van der Waals surface area contributed by atoms with E-state index in [4.69, 9.17) is 4.74 Å². The summed E-state index contributed by atoms with van der Waals surface area (Å²) in [6.07, 6.45) is 4.13. The van der Waals surface area contributed by atoms with Gasteiger partial charge in [-0.2, -0.15) is 0 Å². The Hall–Kier alpha value is -1.87. The number of fused-ring (bicyclic) bond motifs is 1. The molecule has 0 aliphatic carbocycles. The van der Waals surface area contributed by atoms with Crippen molar-refractivity contribution >= 4 is 26.7 Å². The summed E-state index contributed by atoms with van der Waals surface area (Å²) < 4.78 is 8.77. The first-order valence-corrected chi connectivity index (χ1v) is 7.26. The van der Waals surface area contributed by atoms with Gasteiger partial charge in [0.15, 0.2) is 18.9 Å². The van der Waals surface area contributed by atoms with E-state index in [2.05, 4.69) is 57.2 Å². The maximum atomic E-state index is 5.53. The van der Waals surface area contributed by atoms with Crippen molar-refractivity contribution in [2.24, 2.45) is 0 Å². The summed E-state index contributed by atoms with van der Waals surface area (Å²) in [6.45, 7) is 0.795. The summed E-state index contributed by atoms with van der Waals surface area (Å²) in [5.41, 5.74) is 1.20. The molecule has 20 heavy (non-hydrogen) atoms. The monoisotopic (exact) mass is 328 g/mol. The molecular formula is C17H15BrNO+. The van der Waals surface area contributed by atoms with Gasteiger partial charge in [-0.15, -0.1) is 0 Å². The molecule has 0 amide bonds. The molecular weight excluding hydrogens is 314 g/mol. The summed E-state index contributed by atoms with van der Waals surface area (Å²) in [4.78, 5) is 0. The fraction of sp³-hybridized carbons (Fsp3) is 0.118. The lowest BCUT2D eigenvalue weighted by Crippen LogP contribution is -2.33. The van der Waals surface area contributed by atoms with E-state index in [0.29, 0.717) is 0 Å². The van der Waals surface area contributed by atoms with Gasteiger partial charge in [-0.3, -0.25) is 0 Å². The summed E-state index contributed by atoms with van der Waals surface area (Å²) in [5, 5.41) is 2.44. The van der Waals surface area contributed by atoms with E-state index in [-0.39, 0.29) is 0 Å². The van der Waals surface area contributed by atoms with Gasteiger partial charge in [-0.25, -0.2) is 4.57 Å². The highest BCUT2D eigenvalue weighted by Gasteiger charge is 2.13. The summed E-state index contributed by atoms with van der Waals surface area (Å²) in [5.74, 6) is 0.927. The van der Waals surface area contributed by atoms with Crippen LogP contribution in [0.15, 0.2) is 65.4 Å². The Kier molecular flexibility index (Phi) is 3.70. The number of hydrogen-bond acceptors (Lipinski definition) is 1. The SMILES string of the molecule is COc1ccc2cc(Br)ccc2c1C[n+]1ccccc1. The molecule has 0 saturated carbocycles. The lowest BCUT2D eigenvalue weighted by molar-refractivity contribution is -0.688. The zero-order valence-corrected chi connectivity index (χ0v) is 12.8. The third-order valence-corrected chi connectivity index (χ3v) is 3.88. The second-order valence-electron chi connectivity index (χ2n) is 4.66. The van der Waals surface area contributed by atoms with Crippen molar-refractivity contribution in [2.45, 2.75) is 6.54 Å². The average molecular weight is 329 g/mol. The second-order valence-corrected chi connectivity index (χ2v) is 5.58. The van der Waals surface area contributed by atoms with Crippen molar-refractivity contribution in [3.05, 3.63) is 71.0 Å². The van der Waals surface area contributed by atoms with Crippen LogP contribution in [0.4, 0.5) is 0 Å². The Morgan fingerprint density at radius 3 is 2.60 bits per heavy atom. The molecule has 2 aromatic carbocycles. The standard InChI is InChI=1S/C17H15BrNO/c1-20-17-8-5-13-11-14(18)6-7-15(13)16(17)12-19-9-3-2-4-10-19/h2-11H,12H2,1H3/q+1. The van der Waals surface area contributed by atoms with E-state index in [0.717, 1.165) is 16.8 Å². The van der Waals surface area contributed by atoms with Crippen LogP contribution in [-0.2, 0) is 6.54 Å². The van der Waals surface area contributed by atoms with Crippen molar-refractivity contribution in [2.75, 3.05) is 7.11 Å². The topological polar surface area (TPSA) is 13.1 Å². The molecule has 0 aliphatic rings. The van der Waals surface area contributed by atoms with Crippen LogP contribution in [0.5, 0.6) is 5.75 Å². The van der Waals surface area contributed by atoms with Crippen LogP contribution < -0.4 is 9.30 Å². The molecule has 1 heterocycles. The van der Waals surface area contributed by atoms with Gasteiger partial charge in [-0.1, -0.05) is 34.1 Å². The smallest absolute Gasteiger partial charge is 0.177 e. The maximum Gasteiger partial charge on any atom is 0.177 e. The largest absolute Gasteiger partial charge is 0.496 e. The zero-order valence-electron chi connectivity index (χ0n) is 11.2. The fourth-order valence-electron chi connectivity index (χ4n) is 2.42.